The molecule has 0 radical (unpaired) electrons. The summed E-state index contributed by atoms with van der Waals surface area (Å²) in [7, 11) is 0. The molecule has 1 aliphatic heterocycles. The standard InChI is InChI=1S/C16H16F2N4O2/c17-11-3-1-4-12(18)14(11)16(24)6-9-22(10-7-16)15(23)20-13-5-2-8-19-21-13/h1-5,8,24H,6-7,9-10H2,(H,20,21,23). The fourth-order valence-electron chi connectivity index (χ4n) is 2.83. The normalized spacial score (nSPS) is 16.7. The zero-order chi connectivity index (χ0) is 17.2. The van der Waals surface area contributed by atoms with Gasteiger partial charge in [0.15, 0.2) is 5.82 Å². The van der Waals surface area contributed by atoms with E-state index in [2.05, 4.69) is 15.5 Å². The van der Waals surface area contributed by atoms with Gasteiger partial charge in [0, 0.05) is 19.3 Å². The minimum absolute atomic E-state index is 0.0404. The van der Waals surface area contributed by atoms with Gasteiger partial charge in [-0.05, 0) is 37.1 Å². The first-order chi connectivity index (χ1) is 11.5. The molecule has 0 unspecified atom stereocenters. The van der Waals surface area contributed by atoms with Crippen LogP contribution in [0.3, 0.4) is 0 Å². The van der Waals surface area contributed by atoms with E-state index in [0.29, 0.717) is 5.82 Å². The highest BCUT2D eigenvalue weighted by Gasteiger charge is 2.39. The highest BCUT2D eigenvalue weighted by Crippen LogP contribution is 2.36. The van der Waals surface area contributed by atoms with Crippen LogP contribution in [0.4, 0.5) is 19.4 Å². The number of urea groups is 1. The monoisotopic (exact) mass is 334 g/mol. The number of halogens is 2. The smallest absolute Gasteiger partial charge is 0.323 e. The maximum atomic E-state index is 13.9. The summed E-state index contributed by atoms with van der Waals surface area (Å²) in [6.07, 6.45) is 1.57. The Morgan fingerprint density at radius 1 is 1.17 bits per heavy atom. The van der Waals surface area contributed by atoms with Gasteiger partial charge in [0.2, 0.25) is 0 Å². The lowest BCUT2D eigenvalue weighted by atomic mass is 9.84. The molecule has 0 aliphatic carbocycles. The van der Waals surface area contributed by atoms with Crippen LogP contribution in [0, 0.1) is 11.6 Å². The van der Waals surface area contributed by atoms with E-state index in [1.165, 1.54) is 17.2 Å². The number of likely N-dealkylation sites (tertiary alicyclic amines) is 1. The van der Waals surface area contributed by atoms with Crippen molar-refractivity contribution in [2.75, 3.05) is 18.4 Å². The molecule has 8 heteroatoms. The van der Waals surface area contributed by atoms with Gasteiger partial charge in [-0.25, -0.2) is 13.6 Å². The number of anilines is 1. The summed E-state index contributed by atoms with van der Waals surface area (Å²) in [6.45, 7) is 0.326. The molecule has 2 aromatic rings. The lowest BCUT2D eigenvalue weighted by molar-refractivity contribution is -0.0213. The minimum Gasteiger partial charge on any atom is -0.385 e. The van der Waals surface area contributed by atoms with Crippen molar-refractivity contribution in [3.05, 3.63) is 53.7 Å². The van der Waals surface area contributed by atoms with Crippen LogP contribution in [0.15, 0.2) is 36.5 Å². The molecule has 1 aromatic heterocycles. The largest absolute Gasteiger partial charge is 0.385 e. The molecule has 1 fully saturated rings. The number of piperidine rings is 1. The van der Waals surface area contributed by atoms with Gasteiger partial charge in [0.1, 0.15) is 11.6 Å². The average Bonchev–Trinajstić information content (AvgIpc) is 2.56. The first-order valence-corrected chi connectivity index (χ1v) is 7.50. The molecule has 0 saturated carbocycles. The van der Waals surface area contributed by atoms with Gasteiger partial charge < -0.3 is 10.0 Å². The highest BCUT2D eigenvalue weighted by atomic mass is 19.1. The quantitative estimate of drug-likeness (QED) is 0.883. The molecular formula is C16H16F2N4O2. The molecule has 3 rings (SSSR count). The van der Waals surface area contributed by atoms with Crippen LogP contribution in [-0.2, 0) is 5.60 Å². The van der Waals surface area contributed by atoms with Gasteiger partial charge in [-0.2, -0.15) is 5.10 Å². The molecule has 0 spiro atoms. The molecule has 0 bridgehead atoms. The number of amides is 2. The maximum Gasteiger partial charge on any atom is 0.323 e. The Morgan fingerprint density at radius 2 is 1.83 bits per heavy atom. The predicted molar refractivity (Wildman–Crippen MR) is 82.1 cm³/mol. The molecule has 2 N–H and O–H groups in total. The second-order valence-electron chi connectivity index (χ2n) is 5.65. The Kier molecular flexibility index (Phi) is 4.39. The molecule has 2 amide bonds. The Morgan fingerprint density at radius 3 is 2.42 bits per heavy atom. The molecule has 24 heavy (non-hydrogen) atoms. The molecule has 6 nitrogen and oxygen atoms in total. The average molecular weight is 334 g/mol. The van der Waals surface area contributed by atoms with E-state index in [-0.39, 0.29) is 31.5 Å². The number of nitrogens with zero attached hydrogens (tertiary/aromatic N) is 3. The second kappa shape index (κ2) is 6.48. The third-order valence-electron chi connectivity index (χ3n) is 4.11. The van der Waals surface area contributed by atoms with Crippen LogP contribution < -0.4 is 5.32 Å². The molecule has 2 heterocycles. The molecule has 0 atom stereocenters. The number of carbonyl (C=O) groups excluding carboxylic acids is 1. The zero-order valence-electron chi connectivity index (χ0n) is 12.7. The Hall–Kier alpha value is -2.61. The Balaban J connectivity index is 1.68. The van der Waals surface area contributed by atoms with Gasteiger partial charge in [-0.1, -0.05) is 6.07 Å². The van der Waals surface area contributed by atoms with Crippen molar-refractivity contribution >= 4 is 11.8 Å². The number of aliphatic hydroxyl groups is 1. The molecule has 1 aliphatic rings. The molecule has 1 aromatic carbocycles. The van der Waals surface area contributed by atoms with E-state index in [4.69, 9.17) is 0 Å². The van der Waals surface area contributed by atoms with E-state index < -0.39 is 23.3 Å². The zero-order valence-corrected chi connectivity index (χ0v) is 12.7. The van der Waals surface area contributed by atoms with Crippen molar-refractivity contribution in [1.82, 2.24) is 15.1 Å². The van der Waals surface area contributed by atoms with Gasteiger partial charge in [0.25, 0.3) is 0 Å². The molecule has 126 valence electrons. The van der Waals surface area contributed by atoms with Crippen LogP contribution in [0.5, 0.6) is 0 Å². The van der Waals surface area contributed by atoms with Gasteiger partial charge in [-0.15, -0.1) is 5.10 Å². The SMILES string of the molecule is O=C(Nc1cccnn1)N1CCC(O)(c2c(F)cccc2F)CC1. The minimum atomic E-state index is -1.63. The highest BCUT2D eigenvalue weighted by molar-refractivity contribution is 5.88. The van der Waals surface area contributed by atoms with Crippen molar-refractivity contribution in [1.29, 1.82) is 0 Å². The Bertz CT molecular complexity index is 714. The first kappa shape index (κ1) is 16.3. The van der Waals surface area contributed by atoms with Crippen molar-refractivity contribution in [3.8, 4) is 0 Å². The van der Waals surface area contributed by atoms with E-state index in [1.54, 1.807) is 12.1 Å². The number of hydrogen-bond donors (Lipinski definition) is 2. The van der Waals surface area contributed by atoms with Crippen molar-refractivity contribution < 1.29 is 18.7 Å². The van der Waals surface area contributed by atoms with E-state index >= 15 is 0 Å². The van der Waals surface area contributed by atoms with Crippen molar-refractivity contribution in [3.63, 3.8) is 0 Å². The molecule has 1 saturated heterocycles. The van der Waals surface area contributed by atoms with E-state index in [1.807, 2.05) is 0 Å². The van der Waals surface area contributed by atoms with Crippen LogP contribution in [0.25, 0.3) is 0 Å². The number of rotatable bonds is 2. The number of benzene rings is 1. The van der Waals surface area contributed by atoms with Crippen LogP contribution in [0.1, 0.15) is 18.4 Å². The first-order valence-electron chi connectivity index (χ1n) is 7.50. The number of hydrogen-bond acceptors (Lipinski definition) is 4. The maximum absolute atomic E-state index is 13.9. The topological polar surface area (TPSA) is 78.4 Å². The van der Waals surface area contributed by atoms with E-state index in [9.17, 15) is 18.7 Å². The third-order valence-corrected chi connectivity index (χ3v) is 4.11. The summed E-state index contributed by atoms with van der Waals surface area (Å²) >= 11 is 0. The van der Waals surface area contributed by atoms with Gasteiger partial charge in [-0.3, -0.25) is 5.32 Å². The van der Waals surface area contributed by atoms with E-state index in [0.717, 1.165) is 12.1 Å². The van der Waals surface area contributed by atoms with Crippen LogP contribution in [0.2, 0.25) is 0 Å². The molecular weight excluding hydrogens is 318 g/mol. The predicted octanol–water partition coefficient (Wildman–Crippen LogP) is 2.27. The van der Waals surface area contributed by atoms with Crippen molar-refractivity contribution in [2.24, 2.45) is 0 Å². The summed E-state index contributed by atoms with van der Waals surface area (Å²) in [6, 6.07) is 6.32. The van der Waals surface area contributed by atoms with Gasteiger partial charge in [0.05, 0.1) is 11.2 Å². The summed E-state index contributed by atoms with van der Waals surface area (Å²) in [5.41, 5.74) is -1.96. The summed E-state index contributed by atoms with van der Waals surface area (Å²) in [4.78, 5) is 13.6. The Labute approximate surface area is 137 Å². The lowest BCUT2D eigenvalue weighted by Gasteiger charge is -2.38. The number of aromatic nitrogens is 2. The lowest BCUT2D eigenvalue weighted by Crippen LogP contribution is -2.47. The number of carbonyl (C=O) groups is 1. The summed E-state index contributed by atoms with van der Waals surface area (Å²) in [5, 5.41) is 20.6. The van der Waals surface area contributed by atoms with Crippen LogP contribution >= 0.6 is 0 Å². The number of nitrogens with one attached hydrogen (secondary N) is 1. The second-order valence-corrected chi connectivity index (χ2v) is 5.65. The van der Waals surface area contributed by atoms with Gasteiger partial charge >= 0.3 is 6.03 Å². The summed E-state index contributed by atoms with van der Waals surface area (Å²) in [5.74, 6) is -1.26. The fourth-order valence-corrected chi connectivity index (χ4v) is 2.83. The summed E-state index contributed by atoms with van der Waals surface area (Å²) < 4.78 is 27.8. The fraction of sp³-hybridized carbons (Fsp3) is 0.312. The third kappa shape index (κ3) is 3.18. The van der Waals surface area contributed by atoms with Crippen LogP contribution in [-0.4, -0.2) is 39.3 Å². The van der Waals surface area contributed by atoms with Crippen molar-refractivity contribution in [2.45, 2.75) is 18.4 Å².